The number of carbonyl (C=O) groups excluding carboxylic acids is 3. The number of hydrogen-bond donors (Lipinski definition) is 3. The first-order valence-electron chi connectivity index (χ1n) is 11.2. The van der Waals surface area contributed by atoms with Crippen LogP contribution in [-0.4, -0.2) is 28.1 Å². The van der Waals surface area contributed by atoms with Crippen LogP contribution in [-0.2, 0) is 11.2 Å². The number of amides is 3. The molecule has 3 aromatic rings. The van der Waals surface area contributed by atoms with Crippen molar-refractivity contribution < 1.29 is 14.4 Å². The van der Waals surface area contributed by atoms with Crippen molar-refractivity contribution >= 4 is 52.0 Å². The lowest BCUT2D eigenvalue weighted by atomic mass is 10.1. The summed E-state index contributed by atoms with van der Waals surface area (Å²) < 4.78 is 3.99. The normalized spacial score (nSPS) is 14.6. The van der Waals surface area contributed by atoms with Gasteiger partial charge in [-0.2, -0.15) is 4.37 Å². The van der Waals surface area contributed by atoms with Gasteiger partial charge in [0.15, 0.2) is 11.7 Å². The maximum atomic E-state index is 13.9. The average Bonchev–Trinajstić information content (AvgIpc) is 3.59. The average molecular weight is 498 g/mol. The predicted molar refractivity (Wildman–Crippen MR) is 135 cm³/mol. The Hall–Kier alpha value is -3.24. The fourth-order valence-corrected chi connectivity index (χ4v) is 5.74. The number of anilines is 2. The molecule has 0 aliphatic heterocycles. The van der Waals surface area contributed by atoms with Crippen LogP contribution < -0.4 is 21.7 Å². The molecule has 1 aliphatic rings. The molecule has 1 aliphatic carbocycles. The molecule has 1 aromatic carbocycles. The van der Waals surface area contributed by atoms with Crippen LogP contribution in [0.15, 0.2) is 41.8 Å². The lowest BCUT2D eigenvalue weighted by Gasteiger charge is -2.31. The number of nitrogens with two attached hydrogens (primary N) is 2. The van der Waals surface area contributed by atoms with Crippen LogP contribution in [0, 0.1) is 0 Å². The minimum atomic E-state index is -0.904. The summed E-state index contributed by atoms with van der Waals surface area (Å²) in [5.41, 5.74) is 12.9. The highest BCUT2D eigenvalue weighted by Crippen LogP contribution is 2.35. The van der Waals surface area contributed by atoms with E-state index in [1.165, 1.54) is 16.2 Å². The zero-order valence-corrected chi connectivity index (χ0v) is 20.5. The van der Waals surface area contributed by atoms with E-state index < -0.39 is 17.9 Å². The smallest absolute Gasteiger partial charge is 0.273 e. The summed E-state index contributed by atoms with van der Waals surface area (Å²) in [4.78, 5) is 41.5. The molecule has 5 N–H and O–H groups in total. The summed E-state index contributed by atoms with van der Waals surface area (Å²) in [6, 6.07) is 10.4. The Morgan fingerprint density at radius 2 is 1.88 bits per heavy atom. The van der Waals surface area contributed by atoms with Gasteiger partial charge in [-0.25, -0.2) is 0 Å². The molecular formula is C24H27N5O3S2. The number of benzene rings is 1. The van der Waals surface area contributed by atoms with E-state index in [9.17, 15) is 14.4 Å². The molecule has 178 valence electrons. The van der Waals surface area contributed by atoms with Gasteiger partial charge in [-0.1, -0.05) is 38.0 Å². The number of aryl methyl sites for hydroxylation is 1. The summed E-state index contributed by atoms with van der Waals surface area (Å²) in [6.07, 6.45) is 4.83. The van der Waals surface area contributed by atoms with E-state index in [0.717, 1.165) is 54.1 Å². The molecule has 2 aromatic heterocycles. The standard InChI is InChI=1S/C24H27N5O3S2/c1-2-14-9-11-16(12-10-14)29(24(32)21-18(25)19(22(26)30)28-34-21)20(17-8-5-13-33-17)23(31)27-15-6-3-4-7-15/h5,8-13,15,20H,2-4,6-7,25H2,1H3,(H2,26,30)(H,27,31)/t20-/m1/s1. The van der Waals surface area contributed by atoms with E-state index in [2.05, 4.69) is 9.69 Å². The third-order valence-corrected chi connectivity index (χ3v) is 7.79. The second-order valence-corrected chi connectivity index (χ2v) is 9.99. The minimum Gasteiger partial charge on any atom is -0.395 e. The molecule has 1 saturated carbocycles. The van der Waals surface area contributed by atoms with Crippen LogP contribution in [0.5, 0.6) is 0 Å². The van der Waals surface area contributed by atoms with Gasteiger partial charge in [-0.3, -0.25) is 19.3 Å². The lowest BCUT2D eigenvalue weighted by Crippen LogP contribution is -2.46. The third-order valence-electron chi connectivity index (χ3n) is 6.02. The highest BCUT2D eigenvalue weighted by molar-refractivity contribution is 7.10. The molecule has 0 radical (unpaired) electrons. The van der Waals surface area contributed by atoms with Gasteiger partial charge in [0.2, 0.25) is 5.91 Å². The summed E-state index contributed by atoms with van der Waals surface area (Å²) in [5, 5.41) is 5.02. The maximum absolute atomic E-state index is 13.9. The summed E-state index contributed by atoms with van der Waals surface area (Å²) >= 11 is 2.21. The molecule has 4 rings (SSSR count). The Balaban J connectivity index is 1.80. The highest BCUT2D eigenvalue weighted by atomic mass is 32.1. The molecule has 10 heteroatoms. The van der Waals surface area contributed by atoms with Gasteiger partial charge in [0.25, 0.3) is 11.8 Å². The number of carbonyl (C=O) groups is 3. The van der Waals surface area contributed by atoms with Crippen LogP contribution in [0.25, 0.3) is 0 Å². The molecule has 8 nitrogen and oxygen atoms in total. The van der Waals surface area contributed by atoms with Crippen LogP contribution in [0.1, 0.15) is 69.2 Å². The Morgan fingerprint density at radius 1 is 1.18 bits per heavy atom. The van der Waals surface area contributed by atoms with Crippen molar-refractivity contribution in [2.24, 2.45) is 5.73 Å². The monoisotopic (exact) mass is 497 g/mol. The van der Waals surface area contributed by atoms with Gasteiger partial charge in [-0.05, 0) is 59.9 Å². The topological polar surface area (TPSA) is 131 Å². The second kappa shape index (κ2) is 10.4. The fraction of sp³-hybridized carbons (Fsp3) is 0.333. The third kappa shape index (κ3) is 4.83. The molecule has 0 bridgehead atoms. The van der Waals surface area contributed by atoms with Crippen molar-refractivity contribution in [2.75, 3.05) is 10.6 Å². The number of primary amides is 1. The van der Waals surface area contributed by atoms with Crippen molar-refractivity contribution in [1.82, 2.24) is 9.69 Å². The van der Waals surface area contributed by atoms with Gasteiger partial charge >= 0.3 is 0 Å². The van der Waals surface area contributed by atoms with Crippen LogP contribution >= 0.6 is 22.9 Å². The van der Waals surface area contributed by atoms with Crippen molar-refractivity contribution in [1.29, 1.82) is 0 Å². The van der Waals surface area contributed by atoms with Gasteiger partial charge in [0, 0.05) is 16.6 Å². The van der Waals surface area contributed by atoms with Gasteiger partial charge in [0.1, 0.15) is 4.88 Å². The zero-order valence-electron chi connectivity index (χ0n) is 18.8. The number of nitrogen functional groups attached to an aromatic ring is 1. The Morgan fingerprint density at radius 3 is 2.44 bits per heavy atom. The number of aromatic nitrogens is 1. The fourth-order valence-electron chi connectivity index (χ4n) is 4.19. The number of nitrogens with one attached hydrogen (secondary N) is 1. The first kappa shape index (κ1) is 23.9. The van der Waals surface area contributed by atoms with E-state index in [4.69, 9.17) is 11.5 Å². The van der Waals surface area contributed by atoms with E-state index >= 15 is 0 Å². The van der Waals surface area contributed by atoms with E-state index in [-0.39, 0.29) is 28.2 Å². The zero-order chi connectivity index (χ0) is 24.2. The molecule has 3 amide bonds. The van der Waals surface area contributed by atoms with Gasteiger partial charge in [0.05, 0.1) is 5.69 Å². The summed E-state index contributed by atoms with van der Waals surface area (Å²) in [6.45, 7) is 2.05. The molecule has 1 atom stereocenters. The van der Waals surface area contributed by atoms with Crippen molar-refractivity contribution in [3.63, 3.8) is 0 Å². The molecule has 0 unspecified atom stereocenters. The van der Waals surface area contributed by atoms with Crippen molar-refractivity contribution in [3.8, 4) is 0 Å². The minimum absolute atomic E-state index is 0.0705. The highest BCUT2D eigenvalue weighted by Gasteiger charge is 2.37. The van der Waals surface area contributed by atoms with E-state index in [1.807, 2.05) is 48.7 Å². The molecule has 0 spiro atoms. The SMILES string of the molecule is CCc1ccc(N(C(=O)c2snc(C(N)=O)c2N)[C@@H](C(=O)NC2CCCC2)c2cccs2)cc1. The number of nitrogens with zero attached hydrogens (tertiary/aromatic N) is 2. The predicted octanol–water partition coefficient (Wildman–Crippen LogP) is 3.90. The molecule has 0 saturated heterocycles. The Kier molecular flexibility index (Phi) is 7.28. The first-order valence-corrected chi connectivity index (χ1v) is 12.9. The summed E-state index contributed by atoms with van der Waals surface area (Å²) in [7, 11) is 0. The Labute approximate surface area is 206 Å². The molecule has 34 heavy (non-hydrogen) atoms. The van der Waals surface area contributed by atoms with Crippen LogP contribution in [0.2, 0.25) is 0 Å². The quantitative estimate of drug-likeness (QED) is 0.434. The maximum Gasteiger partial charge on any atom is 0.273 e. The molecule has 1 fully saturated rings. The lowest BCUT2D eigenvalue weighted by molar-refractivity contribution is -0.123. The van der Waals surface area contributed by atoms with Gasteiger partial charge < -0.3 is 16.8 Å². The van der Waals surface area contributed by atoms with Crippen LogP contribution in [0.3, 0.4) is 0 Å². The number of thiophene rings is 1. The summed E-state index contributed by atoms with van der Waals surface area (Å²) in [5.74, 6) is -1.56. The molecule has 2 heterocycles. The largest absolute Gasteiger partial charge is 0.395 e. The van der Waals surface area contributed by atoms with Crippen LogP contribution in [0.4, 0.5) is 11.4 Å². The molecular weight excluding hydrogens is 470 g/mol. The number of rotatable bonds is 8. The Bertz CT molecular complexity index is 1170. The van der Waals surface area contributed by atoms with E-state index in [1.54, 1.807) is 0 Å². The first-order chi connectivity index (χ1) is 16.4. The van der Waals surface area contributed by atoms with Crippen molar-refractivity contribution in [2.45, 2.75) is 51.1 Å². The van der Waals surface area contributed by atoms with Gasteiger partial charge in [-0.15, -0.1) is 11.3 Å². The second-order valence-electron chi connectivity index (χ2n) is 8.24. The van der Waals surface area contributed by atoms with Crippen molar-refractivity contribution in [3.05, 3.63) is 62.8 Å². The number of hydrogen-bond acceptors (Lipinski definition) is 7. The van der Waals surface area contributed by atoms with E-state index in [0.29, 0.717) is 5.69 Å².